The van der Waals surface area contributed by atoms with E-state index in [1.807, 2.05) is 0 Å². The van der Waals surface area contributed by atoms with Gasteiger partial charge < -0.3 is 5.32 Å². The van der Waals surface area contributed by atoms with Crippen molar-refractivity contribution in [2.75, 3.05) is 6.54 Å². The van der Waals surface area contributed by atoms with Crippen LogP contribution in [0.25, 0.3) is 0 Å². The van der Waals surface area contributed by atoms with E-state index in [1.165, 1.54) is 12.8 Å². The number of halogens is 3. The first-order valence-corrected chi connectivity index (χ1v) is 8.14. The van der Waals surface area contributed by atoms with Gasteiger partial charge in [0, 0.05) is 11.0 Å². The third-order valence-corrected chi connectivity index (χ3v) is 3.69. The molecule has 0 saturated heterocycles. The summed E-state index contributed by atoms with van der Waals surface area (Å²) in [6.07, 6.45) is 5.35. The van der Waals surface area contributed by atoms with Gasteiger partial charge in [0.1, 0.15) is 17.2 Å². The lowest BCUT2D eigenvalue weighted by Crippen LogP contribution is -2.26. The molecule has 1 aromatic rings. The van der Waals surface area contributed by atoms with Crippen LogP contribution in [0.15, 0.2) is 16.6 Å². The summed E-state index contributed by atoms with van der Waals surface area (Å²) in [5.74, 6) is -1.68. The fraction of sp³-hybridized carbons (Fsp3) is 0.562. The van der Waals surface area contributed by atoms with E-state index < -0.39 is 23.1 Å². The van der Waals surface area contributed by atoms with Crippen molar-refractivity contribution >= 4 is 21.8 Å². The van der Waals surface area contributed by atoms with E-state index in [-0.39, 0.29) is 4.47 Å². The minimum atomic E-state index is -0.851. The van der Waals surface area contributed by atoms with Gasteiger partial charge in [0.05, 0.1) is 0 Å². The summed E-state index contributed by atoms with van der Waals surface area (Å²) in [5, 5.41) is 2.57. The van der Waals surface area contributed by atoms with Gasteiger partial charge in [-0.25, -0.2) is 8.78 Å². The first-order valence-electron chi connectivity index (χ1n) is 7.34. The standard InChI is InChI=1S/C16H22BrF2NO/c1-11(2)7-5-3-4-6-8-20-16(21)15-13(18)9-12(17)10-14(15)19/h9-11H,3-8H2,1-2H3,(H,20,21). The smallest absolute Gasteiger partial charge is 0.257 e. The second-order valence-corrected chi connectivity index (χ2v) is 6.51. The number of rotatable bonds is 8. The topological polar surface area (TPSA) is 29.1 Å². The zero-order valence-corrected chi connectivity index (χ0v) is 14.1. The van der Waals surface area contributed by atoms with E-state index >= 15 is 0 Å². The number of carbonyl (C=O) groups is 1. The number of amides is 1. The highest BCUT2D eigenvalue weighted by Crippen LogP contribution is 2.19. The van der Waals surface area contributed by atoms with Crippen molar-refractivity contribution in [2.45, 2.75) is 46.0 Å². The van der Waals surface area contributed by atoms with Gasteiger partial charge in [0.25, 0.3) is 5.91 Å². The molecule has 0 aromatic heterocycles. The van der Waals surface area contributed by atoms with Crippen LogP contribution >= 0.6 is 15.9 Å². The number of nitrogens with one attached hydrogen (secondary N) is 1. The Balaban J connectivity index is 2.32. The van der Waals surface area contributed by atoms with Gasteiger partial charge >= 0.3 is 0 Å². The summed E-state index contributed by atoms with van der Waals surface area (Å²) >= 11 is 2.98. The zero-order valence-electron chi connectivity index (χ0n) is 12.5. The number of benzene rings is 1. The van der Waals surface area contributed by atoms with Crippen molar-refractivity contribution < 1.29 is 13.6 Å². The molecule has 0 aliphatic heterocycles. The SMILES string of the molecule is CC(C)CCCCCCNC(=O)c1c(F)cc(Br)cc1F. The minimum absolute atomic E-state index is 0.277. The van der Waals surface area contributed by atoms with Crippen LogP contribution < -0.4 is 5.32 Å². The van der Waals surface area contributed by atoms with Crippen LogP contribution in [-0.2, 0) is 0 Å². The maximum atomic E-state index is 13.6. The van der Waals surface area contributed by atoms with E-state index in [9.17, 15) is 13.6 Å². The lowest BCUT2D eigenvalue weighted by atomic mass is 10.0. The molecule has 1 aromatic carbocycles. The molecular formula is C16H22BrF2NO. The van der Waals surface area contributed by atoms with Crippen LogP contribution in [0.2, 0.25) is 0 Å². The minimum Gasteiger partial charge on any atom is -0.352 e. The first-order chi connectivity index (χ1) is 9.91. The predicted molar refractivity (Wildman–Crippen MR) is 84.3 cm³/mol. The molecule has 0 heterocycles. The second kappa shape index (κ2) is 9.13. The highest BCUT2D eigenvalue weighted by Gasteiger charge is 2.17. The molecule has 2 nitrogen and oxygen atoms in total. The summed E-state index contributed by atoms with van der Waals surface area (Å²) in [7, 11) is 0. The normalized spacial score (nSPS) is 11.0. The summed E-state index contributed by atoms with van der Waals surface area (Å²) in [5.41, 5.74) is -0.516. The summed E-state index contributed by atoms with van der Waals surface area (Å²) < 4.78 is 27.4. The fourth-order valence-electron chi connectivity index (χ4n) is 2.08. The average Bonchev–Trinajstić information content (AvgIpc) is 2.35. The Labute approximate surface area is 133 Å². The summed E-state index contributed by atoms with van der Waals surface area (Å²) in [6, 6.07) is 2.17. The highest BCUT2D eigenvalue weighted by atomic mass is 79.9. The molecule has 0 aliphatic rings. The lowest BCUT2D eigenvalue weighted by molar-refractivity contribution is 0.0944. The van der Waals surface area contributed by atoms with Crippen LogP contribution in [0.1, 0.15) is 56.3 Å². The molecule has 0 fully saturated rings. The Hall–Kier alpha value is -0.970. The van der Waals surface area contributed by atoms with Crippen LogP contribution in [0.3, 0.4) is 0 Å². The Morgan fingerprint density at radius 3 is 2.29 bits per heavy atom. The van der Waals surface area contributed by atoms with E-state index in [2.05, 4.69) is 35.1 Å². The summed E-state index contributed by atoms with van der Waals surface area (Å²) in [6.45, 7) is 4.83. The van der Waals surface area contributed by atoms with Crippen LogP contribution in [-0.4, -0.2) is 12.5 Å². The van der Waals surface area contributed by atoms with Crippen molar-refractivity contribution in [2.24, 2.45) is 5.92 Å². The highest BCUT2D eigenvalue weighted by molar-refractivity contribution is 9.10. The molecule has 0 saturated carbocycles. The van der Waals surface area contributed by atoms with Crippen LogP contribution in [0.4, 0.5) is 8.78 Å². The third kappa shape index (κ3) is 6.55. The van der Waals surface area contributed by atoms with Gasteiger partial charge in [-0.1, -0.05) is 55.5 Å². The molecule has 5 heteroatoms. The molecule has 1 rings (SSSR count). The van der Waals surface area contributed by atoms with E-state index in [4.69, 9.17) is 0 Å². The van der Waals surface area contributed by atoms with Gasteiger partial charge in [0.2, 0.25) is 0 Å². The maximum absolute atomic E-state index is 13.6. The largest absolute Gasteiger partial charge is 0.352 e. The Morgan fingerprint density at radius 1 is 1.14 bits per heavy atom. The van der Waals surface area contributed by atoms with E-state index in [1.54, 1.807) is 0 Å². The molecule has 0 aliphatic carbocycles. The molecule has 0 atom stereocenters. The number of carbonyl (C=O) groups excluding carboxylic acids is 1. The summed E-state index contributed by atoms with van der Waals surface area (Å²) in [4.78, 5) is 11.8. The van der Waals surface area contributed by atoms with Crippen LogP contribution in [0, 0.1) is 17.6 Å². The zero-order chi connectivity index (χ0) is 15.8. The Morgan fingerprint density at radius 2 is 1.71 bits per heavy atom. The van der Waals surface area contributed by atoms with E-state index in [0.717, 1.165) is 31.4 Å². The van der Waals surface area contributed by atoms with Gasteiger partial charge in [-0.05, 0) is 24.5 Å². The van der Waals surface area contributed by atoms with Crippen molar-refractivity contribution in [3.8, 4) is 0 Å². The van der Waals surface area contributed by atoms with E-state index in [0.29, 0.717) is 12.5 Å². The monoisotopic (exact) mass is 361 g/mol. The van der Waals surface area contributed by atoms with Crippen molar-refractivity contribution in [3.05, 3.63) is 33.8 Å². The molecule has 118 valence electrons. The molecule has 0 spiro atoms. The van der Waals surface area contributed by atoms with Crippen molar-refractivity contribution in [1.29, 1.82) is 0 Å². The van der Waals surface area contributed by atoms with Crippen molar-refractivity contribution in [3.63, 3.8) is 0 Å². The van der Waals surface area contributed by atoms with Gasteiger partial charge in [-0.15, -0.1) is 0 Å². The number of hydrogen-bond acceptors (Lipinski definition) is 1. The number of hydrogen-bond donors (Lipinski definition) is 1. The Kier molecular flexibility index (Phi) is 7.86. The molecule has 21 heavy (non-hydrogen) atoms. The molecule has 0 unspecified atom stereocenters. The maximum Gasteiger partial charge on any atom is 0.257 e. The van der Waals surface area contributed by atoms with Gasteiger partial charge in [-0.2, -0.15) is 0 Å². The van der Waals surface area contributed by atoms with Gasteiger partial charge in [0.15, 0.2) is 0 Å². The molecule has 1 N–H and O–H groups in total. The fourth-order valence-corrected chi connectivity index (χ4v) is 2.48. The number of unbranched alkanes of at least 4 members (excludes halogenated alkanes) is 3. The average molecular weight is 362 g/mol. The molecule has 0 bridgehead atoms. The first kappa shape index (κ1) is 18.1. The quantitative estimate of drug-likeness (QED) is 0.643. The molecule has 0 radical (unpaired) electrons. The second-order valence-electron chi connectivity index (χ2n) is 5.60. The van der Waals surface area contributed by atoms with Gasteiger partial charge in [-0.3, -0.25) is 4.79 Å². The molecule has 1 amide bonds. The predicted octanol–water partition coefficient (Wildman–Crippen LogP) is 5.06. The lowest BCUT2D eigenvalue weighted by Gasteiger charge is -2.08. The Bertz CT molecular complexity index is 454. The van der Waals surface area contributed by atoms with Crippen LogP contribution in [0.5, 0.6) is 0 Å². The third-order valence-electron chi connectivity index (χ3n) is 3.23. The molecular weight excluding hydrogens is 340 g/mol. The van der Waals surface area contributed by atoms with Crippen molar-refractivity contribution in [1.82, 2.24) is 5.32 Å².